The van der Waals surface area contributed by atoms with Crippen molar-refractivity contribution in [2.24, 2.45) is 0 Å². The topological polar surface area (TPSA) is 69.6 Å². The molecule has 0 spiro atoms. The maximum Gasteiger partial charge on any atom is 0.210 e. The summed E-state index contributed by atoms with van der Waals surface area (Å²) in [5.74, 6) is 7.18. The first kappa shape index (κ1) is 10.7. The first-order chi connectivity index (χ1) is 7.83. The van der Waals surface area contributed by atoms with Crippen LogP contribution in [0.3, 0.4) is 0 Å². The van der Waals surface area contributed by atoms with Gasteiger partial charge in [-0.25, -0.2) is 4.68 Å². The van der Waals surface area contributed by atoms with Gasteiger partial charge in [0.15, 0.2) is 0 Å². The summed E-state index contributed by atoms with van der Waals surface area (Å²) in [4.78, 5) is 4.17. The van der Waals surface area contributed by atoms with Crippen LogP contribution in [0.25, 0.3) is 11.5 Å². The number of hydrogen-bond donors (Lipinski definition) is 1. The standard InChI is InChI=1S/C10H11N5S/c1-2-7-16-10-14-13-9(15(10)11)8-5-3-4-6-12-8/h2-6H,1,7,11H2. The molecule has 6 heteroatoms. The molecular formula is C10H11N5S. The highest BCUT2D eigenvalue weighted by atomic mass is 32.2. The Hall–Kier alpha value is -1.82. The number of aromatic nitrogens is 4. The Kier molecular flexibility index (Phi) is 3.21. The molecule has 0 saturated carbocycles. The molecule has 0 atom stereocenters. The summed E-state index contributed by atoms with van der Waals surface area (Å²) in [5.41, 5.74) is 0.711. The molecule has 2 rings (SSSR count). The largest absolute Gasteiger partial charge is 0.335 e. The normalized spacial score (nSPS) is 10.2. The van der Waals surface area contributed by atoms with Gasteiger partial charge in [-0.05, 0) is 12.1 Å². The smallest absolute Gasteiger partial charge is 0.210 e. The van der Waals surface area contributed by atoms with E-state index in [0.29, 0.717) is 16.7 Å². The molecule has 2 heterocycles. The van der Waals surface area contributed by atoms with Crippen molar-refractivity contribution in [3.8, 4) is 11.5 Å². The van der Waals surface area contributed by atoms with Crippen LogP contribution in [0.15, 0.2) is 42.2 Å². The van der Waals surface area contributed by atoms with E-state index >= 15 is 0 Å². The molecule has 0 saturated heterocycles. The van der Waals surface area contributed by atoms with Gasteiger partial charge < -0.3 is 5.84 Å². The maximum absolute atomic E-state index is 5.87. The zero-order valence-electron chi connectivity index (χ0n) is 8.58. The van der Waals surface area contributed by atoms with Crippen LogP contribution in [-0.2, 0) is 0 Å². The van der Waals surface area contributed by atoms with Crippen LogP contribution in [0, 0.1) is 0 Å². The Morgan fingerprint density at radius 1 is 1.44 bits per heavy atom. The molecule has 2 aromatic heterocycles. The molecule has 0 radical (unpaired) electrons. The summed E-state index contributed by atoms with van der Waals surface area (Å²) in [7, 11) is 0. The molecule has 0 unspecified atom stereocenters. The lowest BCUT2D eigenvalue weighted by atomic mass is 10.3. The van der Waals surface area contributed by atoms with Crippen molar-refractivity contribution < 1.29 is 0 Å². The van der Waals surface area contributed by atoms with Crippen LogP contribution >= 0.6 is 11.8 Å². The van der Waals surface area contributed by atoms with Crippen LogP contribution in [-0.4, -0.2) is 25.6 Å². The molecule has 0 fully saturated rings. The molecule has 0 aliphatic carbocycles. The number of rotatable bonds is 4. The van der Waals surface area contributed by atoms with Crippen molar-refractivity contribution in [1.82, 2.24) is 19.9 Å². The Bertz CT molecular complexity index is 479. The lowest BCUT2D eigenvalue weighted by Crippen LogP contribution is -2.12. The molecule has 0 amide bonds. The highest BCUT2D eigenvalue weighted by Gasteiger charge is 2.11. The van der Waals surface area contributed by atoms with Crippen LogP contribution in [0.5, 0.6) is 0 Å². The number of nitrogens with zero attached hydrogens (tertiary/aromatic N) is 4. The Morgan fingerprint density at radius 3 is 3.00 bits per heavy atom. The van der Waals surface area contributed by atoms with Gasteiger partial charge in [-0.15, -0.1) is 16.8 Å². The van der Waals surface area contributed by atoms with Crippen molar-refractivity contribution in [3.63, 3.8) is 0 Å². The zero-order valence-corrected chi connectivity index (χ0v) is 9.39. The first-order valence-electron chi connectivity index (χ1n) is 4.68. The summed E-state index contributed by atoms with van der Waals surface area (Å²) in [6.07, 6.45) is 3.49. The predicted octanol–water partition coefficient (Wildman–Crippen LogP) is 1.33. The van der Waals surface area contributed by atoms with E-state index in [1.165, 1.54) is 16.4 Å². The SMILES string of the molecule is C=CCSc1nnc(-c2ccccn2)n1N. The molecular weight excluding hydrogens is 222 g/mol. The number of thioether (sulfide) groups is 1. The molecule has 82 valence electrons. The Balaban J connectivity index is 2.30. The van der Waals surface area contributed by atoms with E-state index in [1.807, 2.05) is 18.2 Å². The van der Waals surface area contributed by atoms with Gasteiger partial charge in [0, 0.05) is 11.9 Å². The first-order valence-corrected chi connectivity index (χ1v) is 5.67. The van der Waals surface area contributed by atoms with Gasteiger partial charge in [0.2, 0.25) is 11.0 Å². The Morgan fingerprint density at radius 2 is 2.31 bits per heavy atom. The molecule has 0 aliphatic heterocycles. The third kappa shape index (κ3) is 2.06. The lowest BCUT2D eigenvalue weighted by Gasteiger charge is -2.01. The minimum Gasteiger partial charge on any atom is -0.335 e. The maximum atomic E-state index is 5.87. The average molecular weight is 233 g/mol. The van der Waals surface area contributed by atoms with E-state index in [-0.39, 0.29) is 0 Å². The van der Waals surface area contributed by atoms with Gasteiger partial charge in [-0.2, -0.15) is 0 Å². The van der Waals surface area contributed by atoms with E-state index in [2.05, 4.69) is 21.8 Å². The number of nitrogens with two attached hydrogens (primary N) is 1. The van der Waals surface area contributed by atoms with Gasteiger partial charge in [0.25, 0.3) is 0 Å². The molecule has 0 aromatic carbocycles. The fourth-order valence-electron chi connectivity index (χ4n) is 1.18. The van der Waals surface area contributed by atoms with Gasteiger partial charge in [0.1, 0.15) is 5.69 Å². The zero-order chi connectivity index (χ0) is 11.4. The van der Waals surface area contributed by atoms with Crippen LogP contribution < -0.4 is 5.84 Å². The molecule has 2 aromatic rings. The third-order valence-corrected chi connectivity index (χ3v) is 2.83. The number of hydrogen-bond acceptors (Lipinski definition) is 5. The second kappa shape index (κ2) is 4.80. The van der Waals surface area contributed by atoms with Crippen molar-refractivity contribution in [2.45, 2.75) is 5.16 Å². The highest BCUT2D eigenvalue weighted by Crippen LogP contribution is 2.19. The monoisotopic (exact) mass is 233 g/mol. The summed E-state index contributed by atoms with van der Waals surface area (Å²) in [6, 6.07) is 5.57. The van der Waals surface area contributed by atoms with Crippen LogP contribution in [0.4, 0.5) is 0 Å². The second-order valence-corrected chi connectivity index (χ2v) is 3.98. The van der Waals surface area contributed by atoms with E-state index in [9.17, 15) is 0 Å². The molecule has 16 heavy (non-hydrogen) atoms. The minimum atomic E-state index is 0.562. The van der Waals surface area contributed by atoms with Crippen LogP contribution in [0.1, 0.15) is 0 Å². The van der Waals surface area contributed by atoms with E-state index in [1.54, 1.807) is 12.3 Å². The predicted molar refractivity (Wildman–Crippen MR) is 64.3 cm³/mol. The molecule has 5 nitrogen and oxygen atoms in total. The fourth-order valence-corrected chi connectivity index (χ4v) is 1.77. The van der Waals surface area contributed by atoms with Crippen molar-refractivity contribution in [1.29, 1.82) is 0 Å². The van der Waals surface area contributed by atoms with Gasteiger partial charge in [-0.3, -0.25) is 4.98 Å². The third-order valence-electron chi connectivity index (χ3n) is 1.89. The summed E-state index contributed by atoms with van der Waals surface area (Å²) < 4.78 is 1.44. The summed E-state index contributed by atoms with van der Waals surface area (Å²) in [6.45, 7) is 3.64. The molecule has 2 N–H and O–H groups in total. The van der Waals surface area contributed by atoms with Gasteiger partial charge >= 0.3 is 0 Å². The summed E-state index contributed by atoms with van der Waals surface area (Å²) in [5, 5.41) is 8.66. The van der Waals surface area contributed by atoms with E-state index in [0.717, 1.165) is 5.75 Å². The van der Waals surface area contributed by atoms with Crippen molar-refractivity contribution >= 4 is 11.8 Å². The second-order valence-electron chi connectivity index (χ2n) is 2.99. The van der Waals surface area contributed by atoms with E-state index in [4.69, 9.17) is 5.84 Å². The lowest BCUT2D eigenvalue weighted by molar-refractivity contribution is 0.849. The fraction of sp³-hybridized carbons (Fsp3) is 0.100. The van der Waals surface area contributed by atoms with E-state index < -0.39 is 0 Å². The minimum absolute atomic E-state index is 0.562. The van der Waals surface area contributed by atoms with Crippen molar-refractivity contribution in [2.75, 3.05) is 11.6 Å². The molecule has 0 aliphatic rings. The quantitative estimate of drug-likeness (QED) is 0.490. The average Bonchev–Trinajstić information content (AvgIpc) is 2.69. The Labute approximate surface area is 97.4 Å². The van der Waals surface area contributed by atoms with Gasteiger partial charge in [-0.1, -0.05) is 23.9 Å². The number of pyridine rings is 1. The number of nitrogen functional groups attached to an aromatic ring is 1. The van der Waals surface area contributed by atoms with Gasteiger partial charge in [0.05, 0.1) is 0 Å². The van der Waals surface area contributed by atoms with Crippen LogP contribution in [0.2, 0.25) is 0 Å². The summed E-state index contributed by atoms with van der Waals surface area (Å²) >= 11 is 1.48. The van der Waals surface area contributed by atoms with Crippen molar-refractivity contribution in [3.05, 3.63) is 37.1 Å². The molecule has 0 bridgehead atoms. The highest BCUT2D eigenvalue weighted by molar-refractivity contribution is 7.99.